The molecule has 9 heteroatoms. The number of amides is 1. The lowest BCUT2D eigenvalue weighted by Gasteiger charge is -2.29. The predicted molar refractivity (Wildman–Crippen MR) is 116 cm³/mol. The quantitative estimate of drug-likeness (QED) is 0.630. The van der Waals surface area contributed by atoms with Crippen LogP contribution in [-0.4, -0.2) is 42.0 Å². The van der Waals surface area contributed by atoms with Crippen LogP contribution < -0.4 is 24.8 Å². The van der Waals surface area contributed by atoms with E-state index in [4.69, 9.17) is 14.2 Å². The number of fused-ring (bicyclic) bond motifs is 1. The Hall–Kier alpha value is -4.01. The molecule has 0 fully saturated rings. The number of hydrogen-bond acceptors (Lipinski definition) is 7. The fourth-order valence-electron chi connectivity index (χ4n) is 3.58. The Balaban J connectivity index is 1.75. The number of carbonyl (C=O) groups excluding carboxylic acids is 1. The lowest BCUT2D eigenvalue weighted by atomic mass is 9.95. The van der Waals surface area contributed by atoms with Crippen molar-refractivity contribution in [2.24, 2.45) is 0 Å². The molecule has 0 saturated carbocycles. The molecule has 1 unspecified atom stereocenters. The summed E-state index contributed by atoms with van der Waals surface area (Å²) in [5.74, 6) is 2.13. The van der Waals surface area contributed by atoms with Crippen molar-refractivity contribution in [1.29, 1.82) is 0 Å². The number of aromatic nitrogens is 3. The zero-order valence-corrected chi connectivity index (χ0v) is 17.7. The van der Waals surface area contributed by atoms with Crippen LogP contribution in [0.4, 0.5) is 11.6 Å². The largest absolute Gasteiger partial charge is 0.497 e. The monoisotopic (exact) mass is 421 g/mol. The van der Waals surface area contributed by atoms with Crippen molar-refractivity contribution in [2.75, 3.05) is 32.0 Å². The van der Waals surface area contributed by atoms with E-state index in [1.165, 1.54) is 6.33 Å². The summed E-state index contributed by atoms with van der Waals surface area (Å²) in [4.78, 5) is 17.8. The average Bonchev–Trinajstić information content (AvgIpc) is 3.26. The molecule has 31 heavy (non-hydrogen) atoms. The number of anilines is 2. The van der Waals surface area contributed by atoms with E-state index in [0.29, 0.717) is 34.4 Å². The van der Waals surface area contributed by atoms with E-state index < -0.39 is 6.04 Å². The highest BCUT2D eigenvalue weighted by molar-refractivity contribution is 6.06. The third-order valence-electron chi connectivity index (χ3n) is 5.13. The van der Waals surface area contributed by atoms with Crippen molar-refractivity contribution in [3.63, 3.8) is 0 Å². The maximum Gasteiger partial charge on any atom is 0.255 e. The molecular formula is C22H23N5O4. The van der Waals surface area contributed by atoms with Gasteiger partial charge in [0.2, 0.25) is 5.95 Å². The SMILES string of the molecule is COc1ccc(C2C(C(=O)Nc3cc(OC)ccc3OC)=C(C)Nc3ncnn32)cc1. The summed E-state index contributed by atoms with van der Waals surface area (Å²) < 4.78 is 17.6. The summed E-state index contributed by atoms with van der Waals surface area (Å²) in [5.41, 5.74) is 2.56. The maximum atomic E-state index is 13.5. The van der Waals surface area contributed by atoms with E-state index in [-0.39, 0.29) is 5.91 Å². The summed E-state index contributed by atoms with van der Waals surface area (Å²) in [6, 6.07) is 12.3. The average molecular weight is 421 g/mol. The Morgan fingerprint density at radius 3 is 2.42 bits per heavy atom. The smallest absolute Gasteiger partial charge is 0.255 e. The number of ether oxygens (including phenoxy) is 3. The second kappa shape index (κ2) is 8.39. The van der Waals surface area contributed by atoms with Crippen LogP contribution in [0.2, 0.25) is 0 Å². The van der Waals surface area contributed by atoms with Crippen molar-refractivity contribution in [3.05, 3.63) is 65.6 Å². The topological polar surface area (TPSA) is 99.5 Å². The van der Waals surface area contributed by atoms with Gasteiger partial charge in [-0.25, -0.2) is 4.68 Å². The van der Waals surface area contributed by atoms with Gasteiger partial charge in [0.15, 0.2) is 0 Å². The molecule has 2 heterocycles. The van der Waals surface area contributed by atoms with Crippen molar-refractivity contribution in [2.45, 2.75) is 13.0 Å². The molecule has 1 aliphatic rings. The van der Waals surface area contributed by atoms with E-state index in [2.05, 4.69) is 20.7 Å². The van der Waals surface area contributed by atoms with Gasteiger partial charge in [-0.1, -0.05) is 12.1 Å². The van der Waals surface area contributed by atoms with Crippen molar-refractivity contribution >= 4 is 17.5 Å². The van der Waals surface area contributed by atoms with E-state index in [1.807, 2.05) is 31.2 Å². The molecule has 0 spiro atoms. The van der Waals surface area contributed by atoms with Gasteiger partial charge in [0, 0.05) is 11.8 Å². The first-order valence-electron chi connectivity index (χ1n) is 9.60. The Kier molecular flexibility index (Phi) is 5.48. The van der Waals surface area contributed by atoms with Crippen LogP contribution in [0, 0.1) is 0 Å². The molecule has 9 nitrogen and oxygen atoms in total. The lowest BCUT2D eigenvalue weighted by Crippen LogP contribution is -2.31. The Labute approximate surface area is 179 Å². The number of benzene rings is 2. The number of allylic oxidation sites excluding steroid dienone is 1. The van der Waals surface area contributed by atoms with Gasteiger partial charge >= 0.3 is 0 Å². The fraction of sp³-hybridized carbons (Fsp3) is 0.227. The van der Waals surface area contributed by atoms with Gasteiger partial charge in [0.1, 0.15) is 29.6 Å². The van der Waals surface area contributed by atoms with Crippen molar-refractivity contribution in [1.82, 2.24) is 14.8 Å². The lowest BCUT2D eigenvalue weighted by molar-refractivity contribution is -0.113. The van der Waals surface area contributed by atoms with E-state index in [1.54, 1.807) is 44.2 Å². The summed E-state index contributed by atoms with van der Waals surface area (Å²) in [6.45, 7) is 1.84. The maximum absolute atomic E-state index is 13.5. The number of hydrogen-bond donors (Lipinski definition) is 2. The zero-order chi connectivity index (χ0) is 22.0. The van der Waals surface area contributed by atoms with Gasteiger partial charge in [-0.15, -0.1) is 0 Å². The highest BCUT2D eigenvalue weighted by atomic mass is 16.5. The fourth-order valence-corrected chi connectivity index (χ4v) is 3.58. The van der Waals surface area contributed by atoms with E-state index in [0.717, 1.165) is 11.3 Å². The van der Waals surface area contributed by atoms with Crippen LogP contribution in [0.5, 0.6) is 17.2 Å². The van der Waals surface area contributed by atoms with Crippen LogP contribution in [0.1, 0.15) is 18.5 Å². The molecule has 1 aromatic heterocycles. The Morgan fingerprint density at radius 2 is 1.74 bits per heavy atom. The summed E-state index contributed by atoms with van der Waals surface area (Å²) in [7, 11) is 4.72. The summed E-state index contributed by atoms with van der Waals surface area (Å²) >= 11 is 0. The molecular weight excluding hydrogens is 398 g/mol. The number of nitrogens with one attached hydrogen (secondary N) is 2. The second-order valence-corrected chi connectivity index (χ2v) is 6.89. The number of carbonyl (C=O) groups is 1. The van der Waals surface area contributed by atoms with Crippen molar-refractivity contribution in [3.8, 4) is 17.2 Å². The number of nitrogens with zero attached hydrogens (tertiary/aromatic N) is 3. The molecule has 2 N–H and O–H groups in total. The van der Waals surface area contributed by atoms with Gasteiger partial charge in [-0.2, -0.15) is 10.1 Å². The van der Waals surface area contributed by atoms with Crippen LogP contribution in [0.25, 0.3) is 0 Å². The normalized spacial score (nSPS) is 15.0. The first kappa shape index (κ1) is 20.3. The molecule has 0 aliphatic carbocycles. The molecule has 0 bridgehead atoms. The summed E-state index contributed by atoms with van der Waals surface area (Å²) in [5, 5.41) is 10.5. The third-order valence-corrected chi connectivity index (χ3v) is 5.13. The van der Waals surface area contributed by atoms with Crippen LogP contribution in [-0.2, 0) is 4.79 Å². The van der Waals surface area contributed by atoms with Gasteiger partial charge < -0.3 is 24.8 Å². The third kappa shape index (κ3) is 3.77. The van der Waals surface area contributed by atoms with E-state index >= 15 is 0 Å². The summed E-state index contributed by atoms with van der Waals surface area (Å²) in [6.07, 6.45) is 1.46. The first-order valence-corrected chi connectivity index (χ1v) is 9.60. The minimum absolute atomic E-state index is 0.293. The molecule has 1 aliphatic heterocycles. The van der Waals surface area contributed by atoms with E-state index in [9.17, 15) is 4.79 Å². The minimum atomic E-state index is -0.471. The Morgan fingerprint density at radius 1 is 1.03 bits per heavy atom. The molecule has 1 atom stereocenters. The molecule has 4 rings (SSSR count). The first-order chi connectivity index (χ1) is 15.0. The second-order valence-electron chi connectivity index (χ2n) is 6.89. The van der Waals surface area contributed by atoms with Gasteiger partial charge in [-0.3, -0.25) is 4.79 Å². The molecule has 0 radical (unpaired) electrons. The molecule has 2 aromatic carbocycles. The van der Waals surface area contributed by atoms with Gasteiger partial charge in [-0.05, 0) is 36.8 Å². The van der Waals surface area contributed by atoms with Crippen molar-refractivity contribution < 1.29 is 19.0 Å². The van der Waals surface area contributed by atoms with Crippen LogP contribution >= 0.6 is 0 Å². The van der Waals surface area contributed by atoms with Gasteiger partial charge in [0.25, 0.3) is 5.91 Å². The Bertz CT molecular complexity index is 1140. The van der Waals surface area contributed by atoms with Crippen LogP contribution in [0.15, 0.2) is 60.1 Å². The zero-order valence-electron chi connectivity index (χ0n) is 17.7. The van der Waals surface area contributed by atoms with Crippen LogP contribution in [0.3, 0.4) is 0 Å². The standard InChI is InChI=1S/C22H23N5O4/c1-13-19(21(28)26-17-11-16(30-3)9-10-18(17)31-4)20(27-22(25-13)23-12-24-27)14-5-7-15(29-2)8-6-14/h5-12,20H,1-4H3,(H,26,28)(H,23,24,25). The molecule has 1 amide bonds. The minimum Gasteiger partial charge on any atom is -0.497 e. The molecule has 0 saturated heterocycles. The number of rotatable bonds is 6. The van der Waals surface area contributed by atoms with Gasteiger partial charge in [0.05, 0.1) is 32.6 Å². The number of methoxy groups -OCH3 is 3. The molecule has 3 aromatic rings. The predicted octanol–water partition coefficient (Wildman–Crippen LogP) is 3.23. The molecule has 160 valence electrons. The highest BCUT2D eigenvalue weighted by Gasteiger charge is 2.33. The highest BCUT2D eigenvalue weighted by Crippen LogP contribution is 2.37.